The van der Waals surface area contributed by atoms with Crippen LogP contribution in [0.3, 0.4) is 0 Å². The highest BCUT2D eigenvalue weighted by molar-refractivity contribution is 7.85. The minimum atomic E-state index is -1.01. The topological polar surface area (TPSA) is 56.7 Å². The van der Waals surface area contributed by atoms with E-state index in [1.54, 1.807) is 7.05 Å². The van der Waals surface area contributed by atoms with Crippen LogP contribution in [0.25, 0.3) is 0 Å². The summed E-state index contributed by atoms with van der Waals surface area (Å²) in [6.45, 7) is 5.03. The van der Waals surface area contributed by atoms with E-state index in [2.05, 4.69) is 51.7 Å². The van der Waals surface area contributed by atoms with E-state index in [0.29, 0.717) is 12.3 Å². The normalized spacial score (nSPS) is 16.6. The van der Waals surface area contributed by atoms with Crippen LogP contribution in [0, 0.1) is 0 Å². The molecule has 150 valence electrons. The van der Waals surface area contributed by atoms with E-state index in [4.69, 9.17) is 0 Å². The van der Waals surface area contributed by atoms with Gasteiger partial charge in [-0.05, 0) is 49.6 Å². The molecule has 1 heterocycles. The third-order valence-electron chi connectivity index (χ3n) is 5.00. The van der Waals surface area contributed by atoms with E-state index < -0.39 is 10.8 Å². The minimum absolute atomic E-state index is 0.133. The maximum atomic E-state index is 12.3. The average Bonchev–Trinajstić information content (AvgIpc) is 3.28. The van der Waals surface area contributed by atoms with Crippen molar-refractivity contribution in [2.24, 2.45) is 4.99 Å². The summed E-state index contributed by atoms with van der Waals surface area (Å²) in [5, 5.41) is 6.71. The number of nitrogens with one attached hydrogen (secondary N) is 2. The second kappa shape index (κ2) is 10.3. The number of aliphatic imine (C=N–C) groups is 1. The highest BCUT2D eigenvalue weighted by Gasteiger charge is 2.14. The Bertz CT molecular complexity index is 803. The molecular formula is C22H30N4OS. The van der Waals surface area contributed by atoms with E-state index in [1.165, 1.54) is 24.1 Å². The number of nitrogens with zero attached hydrogens (tertiary/aromatic N) is 2. The average molecular weight is 399 g/mol. The Hall–Kier alpha value is -2.34. The maximum Gasteiger partial charge on any atom is 0.191 e. The molecule has 2 atom stereocenters. The lowest BCUT2D eigenvalue weighted by Gasteiger charge is -2.22. The Labute approximate surface area is 170 Å². The smallest absolute Gasteiger partial charge is 0.191 e. The fraction of sp³-hybridized carbons (Fsp3) is 0.409. The molecule has 2 unspecified atom stereocenters. The molecule has 6 heteroatoms. The van der Waals surface area contributed by atoms with Crippen LogP contribution >= 0.6 is 0 Å². The zero-order valence-electron chi connectivity index (χ0n) is 16.7. The molecule has 1 aliphatic heterocycles. The van der Waals surface area contributed by atoms with Gasteiger partial charge in [0.05, 0.1) is 16.8 Å². The lowest BCUT2D eigenvalue weighted by atomic mass is 10.1. The molecule has 1 saturated heterocycles. The van der Waals surface area contributed by atoms with Crippen LogP contribution in [0.5, 0.6) is 0 Å². The Balaban J connectivity index is 1.51. The second-order valence-electron chi connectivity index (χ2n) is 7.02. The van der Waals surface area contributed by atoms with Gasteiger partial charge in [-0.25, -0.2) is 0 Å². The number of rotatable bonds is 7. The summed E-state index contributed by atoms with van der Waals surface area (Å²) >= 11 is 0. The quantitative estimate of drug-likeness (QED) is 0.555. The van der Waals surface area contributed by atoms with Gasteiger partial charge in [0.25, 0.3) is 0 Å². The van der Waals surface area contributed by atoms with Crippen molar-refractivity contribution in [3.63, 3.8) is 0 Å². The van der Waals surface area contributed by atoms with Gasteiger partial charge in [0.1, 0.15) is 0 Å². The van der Waals surface area contributed by atoms with E-state index in [1.807, 2.05) is 30.3 Å². The molecule has 2 aromatic carbocycles. The Morgan fingerprint density at radius 1 is 1.14 bits per heavy atom. The van der Waals surface area contributed by atoms with Crippen LogP contribution in [0.15, 0.2) is 64.5 Å². The molecular weight excluding hydrogens is 368 g/mol. The van der Waals surface area contributed by atoms with Gasteiger partial charge in [-0.15, -0.1) is 0 Å². The van der Waals surface area contributed by atoms with Gasteiger partial charge in [0, 0.05) is 43.0 Å². The van der Waals surface area contributed by atoms with Crippen molar-refractivity contribution in [1.82, 2.24) is 10.6 Å². The summed E-state index contributed by atoms with van der Waals surface area (Å²) < 4.78 is 12.3. The van der Waals surface area contributed by atoms with Gasteiger partial charge in [-0.2, -0.15) is 0 Å². The third kappa shape index (κ3) is 5.58. The first-order valence-corrected chi connectivity index (χ1v) is 11.2. The summed E-state index contributed by atoms with van der Waals surface area (Å²) in [6.07, 6.45) is 2.55. The van der Waals surface area contributed by atoms with Gasteiger partial charge in [-0.1, -0.05) is 30.3 Å². The number of guanidine groups is 1. The fourth-order valence-corrected chi connectivity index (χ4v) is 4.39. The van der Waals surface area contributed by atoms with Crippen LogP contribution in [0.2, 0.25) is 0 Å². The van der Waals surface area contributed by atoms with Gasteiger partial charge in [0.2, 0.25) is 0 Å². The first kappa shape index (κ1) is 20.4. The molecule has 0 amide bonds. The first-order valence-electron chi connectivity index (χ1n) is 9.93. The number of benzene rings is 2. The van der Waals surface area contributed by atoms with Crippen LogP contribution in [0.1, 0.15) is 31.4 Å². The number of hydrogen-bond acceptors (Lipinski definition) is 3. The van der Waals surface area contributed by atoms with Gasteiger partial charge in [0.15, 0.2) is 5.96 Å². The molecule has 2 N–H and O–H groups in total. The lowest BCUT2D eigenvalue weighted by Crippen LogP contribution is -2.40. The molecule has 28 heavy (non-hydrogen) atoms. The molecule has 1 fully saturated rings. The van der Waals surface area contributed by atoms with Crippen LogP contribution in [0.4, 0.5) is 5.69 Å². The van der Waals surface area contributed by atoms with E-state index in [-0.39, 0.29) is 6.04 Å². The van der Waals surface area contributed by atoms with Crippen molar-refractivity contribution in [1.29, 1.82) is 0 Å². The predicted molar refractivity (Wildman–Crippen MR) is 119 cm³/mol. The Kier molecular flexibility index (Phi) is 7.48. The molecule has 2 aromatic rings. The van der Waals surface area contributed by atoms with Gasteiger partial charge < -0.3 is 15.5 Å². The van der Waals surface area contributed by atoms with E-state index >= 15 is 0 Å². The maximum absolute atomic E-state index is 12.3. The summed E-state index contributed by atoms with van der Waals surface area (Å²) in [5.74, 6) is 1.27. The van der Waals surface area contributed by atoms with Crippen LogP contribution in [-0.4, -0.2) is 42.6 Å². The number of anilines is 1. The molecule has 5 nitrogen and oxygen atoms in total. The molecule has 0 spiro atoms. The summed E-state index contributed by atoms with van der Waals surface area (Å²) in [5.41, 5.74) is 2.53. The monoisotopic (exact) mass is 398 g/mol. The molecule has 0 bridgehead atoms. The standard InChI is InChI=1S/C22H30N4OS/c1-18(19-9-8-10-20(17-19)26-14-6-7-15-26)25-22(23-2)24-13-16-28(27)21-11-4-3-5-12-21/h3-5,8-12,17-18H,6-7,13-16H2,1-2H3,(H2,23,24,25). The first-order chi connectivity index (χ1) is 13.7. The molecule has 3 rings (SSSR count). The summed E-state index contributed by atoms with van der Waals surface area (Å²) in [4.78, 5) is 7.62. The fourth-order valence-electron chi connectivity index (χ4n) is 3.40. The van der Waals surface area contributed by atoms with Crippen molar-refractivity contribution >= 4 is 22.4 Å². The second-order valence-corrected chi connectivity index (χ2v) is 8.59. The number of hydrogen-bond donors (Lipinski definition) is 2. The van der Waals surface area contributed by atoms with E-state index in [0.717, 1.165) is 23.9 Å². The van der Waals surface area contributed by atoms with Crippen molar-refractivity contribution in [3.05, 3.63) is 60.2 Å². The van der Waals surface area contributed by atoms with Gasteiger partial charge in [-0.3, -0.25) is 9.20 Å². The van der Waals surface area contributed by atoms with Crippen molar-refractivity contribution < 1.29 is 4.21 Å². The highest BCUT2D eigenvalue weighted by atomic mass is 32.2. The Morgan fingerprint density at radius 3 is 2.61 bits per heavy atom. The van der Waals surface area contributed by atoms with E-state index in [9.17, 15) is 4.21 Å². The van der Waals surface area contributed by atoms with Crippen molar-refractivity contribution in [3.8, 4) is 0 Å². The Morgan fingerprint density at radius 2 is 1.89 bits per heavy atom. The minimum Gasteiger partial charge on any atom is -0.372 e. The molecule has 0 radical (unpaired) electrons. The molecule has 0 aromatic heterocycles. The predicted octanol–water partition coefficient (Wildman–Crippen LogP) is 3.32. The summed E-state index contributed by atoms with van der Waals surface area (Å²) in [7, 11) is 0.755. The molecule has 0 saturated carbocycles. The van der Waals surface area contributed by atoms with Crippen LogP contribution in [-0.2, 0) is 10.8 Å². The lowest BCUT2D eigenvalue weighted by molar-refractivity contribution is 0.676. The zero-order chi connectivity index (χ0) is 19.8. The zero-order valence-corrected chi connectivity index (χ0v) is 17.5. The van der Waals surface area contributed by atoms with Crippen molar-refractivity contribution in [2.75, 3.05) is 37.3 Å². The van der Waals surface area contributed by atoms with Crippen molar-refractivity contribution in [2.45, 2.75) is 30.7 Å². The molecule has 1 aliphatic rings. The molecule has 0 aliphatic carbocycles. The van der Waals surface area contributed by atoms with Crippen LogP contribution < -0.4 is 15.5 Å². The van der Waals surface area contributed by atoms with Gasteiger partial charge >= 0.3 is 0 Å². The SMILES string of the molecule is CN=C(NCCS(=O)c1ccccc1)NC(C)c1cccc(N2CCCC2)c1. The highest BCUT2D eigenvalue weighted by Crippen LogP contribution is 2.23. The summed E-state index contributed by atoms with van der Waals surface area (Å²) in [6, 6.07) is 18.4. The largest absolute Gasteiger partial charge is 0.372 e. The third-order valence-corrected chi connectivity index (χ3v) is 6.38.